The second kappa shape index (κ2) is 8.31. The highest BCUT2D eigenvalue weighted by molar-refractivity contribution is 5.13. The monoisotopic (exact) mass is 222 g/mol. The van der Waals surface area contributed by atoms with E-state index in [9.17, 15) is 5.11 Å². The van der Waals surface area contributed by atoms with Gasteiger partial charge < -0.3 is 9.84 Å². The summed E-state index contributed by atoms with van der Waals surface area (Å²) in [7, 11) is 0. The fraction of sp³-hybridized carbons (Fsp3) is 0.571. The molecule has 0 aliphatic rings. The average Bonchev–Trinajstić information content (AvgIpc) is 2.30. The number of ether oxygens (including phenoxy) is 1. The SMILES string of the molecule is CCCC(O)CCCOCc1ccccc1. The van der Waals surface area contributed by atoms with Crippen molar-refractivity contribution < 1.29 is 9.84 Å². The summed E-state index contributed by atoms with van der Waals surface area (Å²) in [6.45, 7) is 3.50. The van der Waals surface area contributed by atoms with E-state index in [1.54, 1.807) is 0 Å². The van der Waals surface area contributed by atoms with Gasteiger partial charge in [-0.15, -0.1) is 0 Å². The summed E-state index contributed by atoms with van der Waals surface area (Å²) in [5, 5.41) is 9.51. The normalized spacial score (nSPS) is 12.6. The number of aliphatic hydroxyl groups excluding tert-OH is 1. The van der Waals surface area contributed by atoms with Gasteiger partial charge in [-0.05, 0) is 24.8 Å². The summed E-state index contributed by atoms with van der Waals surface area (Å²) in [6.07, 6.45) is 3.59. The lowest BCUT2D eigenvalue weighted by Crippen LogP contribution is -2.07. The van der Waals surface area contributed by atoms with Crippen LogP contribution in [0.25, 0.3) is 0 Å². The summed E-state index contributed by atoms with van der Waals surface area (Å²) >= 11 is 0. The third kappa shape index (κ3) is 5.89. The molecular weight excluding hydrogens is 200 g/mol. The zero-order chi connectivity index (χ0) is 11.6. The van der Waals surface area contributed by atoms with E-state index < -0.39 is 0 Å². The highest BCUT2D eigenvalue weighted by Gasteiger charge is 2.01. The maximum atomic E-state index is 9.51. The lowest BCUT2D eigenvalue weighted by molar-refractivity contribution is 0.0944. The van der Waals surface area contributed by atoms with Gasteiger partial charge in [0.2, 0.25) is 0 Å². The first kappa shape index (κ1) is 13.2. The van der Waals surface area contributed by atoms with E-state index in [1.165, 1.54) is 5.56 Å². The minimum Gasteiger partial charge on any atom is -0.393 e. The van der Waals surface area contributed by atoms with Crippen molar-refractivity contribution in [1.82, 2.24) is 0 Å². The van der Waals surface area contributed by atoms with Gasteiger partial charge in [0, 0.05) is 6.61 Å². The Morgan fingerprint density at radius 3 is 2.62 bits per heavy atom. The maximum Gasteiger partial charge on any atom is 0.0716 e. The van der Waals surface area contributed by atoms with Crippen LogP contribution in [-0.4, -0.2) is 17.8 Å². The molecule has 0 aliphatic heterocycles. The van der Waals surface area contributed by atoms with E-state index in [2.05, 4.69) is 19.1 Å². The number of aliphatic hydroxyl groups is 1. The molecule has 0 bridgehead atoms. The molecule has 0 heterocycles. The Morgan fingerprint density at radius 2 is 1.94 bits per heavy atom. The fourth-order valence-electron chi connectivity index (χ4n) is 1.66. The maximum absolute atomic E-state index is 9.51. The Hall–Kier alpha value is -0.860. The van der Waals surface area contributed by atoms with Crippen LogP contribution >= 0.6 is 0 Å². The van der Waals surface area contributed by atoms with Crippen molar-refractivity contribution in [2.75, 3.05) is 6.61 Å². The fourth-order valence-corrected chi connectivity index (χ4v) is 1.66. The molecule has 1 N–H and O–H groups in total. The lowest BCUT2D eigenvalue weighted by atomic mass is 10.1. The van der Waals surface area contributed by atoms with Crippen molar-refractivity contribution in [3.63, 3.8) is 0 Å². The summed E-state index contributed by atoms with van der Waals surface area (Å²) in [5.41, 5.74) is 1.21. The van der Waals surface area contributed by atoms with Crippen LogP contribution < -0.4 is 0 Å². The van der Waals surface area contributed by atoms with E-state index in [0.717, 1.165) is 32.3 Å². The van der Waals surface area contributed by atoms with Crippen molar-refractivity contribution >= 4 is 0 Å². The first-order valence-electron chi connectivity index (χ1n) is 6.12. The first-order chi connectivity index (χ1) is 7.83. The van der Waals surface area contributed by atoms with Gasteiger partial charge in [0.15, 0.2) is 0 Å². The van der Waals surface area contributed by atoms with E-state index in [4.69, 9.17) is 4.74 Å². The van der Waals surface area contributed by atoms with Crippen LogP contribution in [0.4, 0.5) is 0 Å². The second-order valence-corrected chi connectivity index (χ2v) is 4.12. The van der Waals surface area contributed by atoms with Crippen molar-refractivity contribution in [2.45, 2.75) is 45.3 Å². The molecule has 1 atom stereocenters. The molecule has 2 nitrogen and oxygen atoms in total. The van der Waals surface area contributed by atoms with Gasteiger partial charge in [0.05, 0.1) is 12.7 Å². The zero-order valence-corrected chi connectivity index (χ0v) is 10.1. The highest BCUT2D eigenvalue weighted by atomic mass is 16.5. The van der Waals surface area contributed by atoms with Crippen LogP contribution in [-0.2, 0) is 11.3 Å². The number of rotatable bonds is 8. The smallest absolute Gasteiger partial charge is 0.0716 e. The number of hydrogen-bond donors (Lipinski definition) is 1. The second-order valence-electron chi connectivity index (χ2n) is 4.12. The molecule has 0 radical (unpaired) electrons. The van der Waals surface area contributed by atoms with Gasteiger partial charge >= 0.3 is 0 Å². The van der Waals surface area contributed by atoms with Gasteiger partial charge in [-0.25, -0.2) is 0 Å². The van der Waals surface area contributed by atoms with Gasteiger partial charge in [0.25, 0.3) is 0 Å². The molecule has 1 aromatic rings. The predicted octanol–water partition coefficient (Wildman–Crippen LogP) is 3.14. The lowest BCUT2D eigenvalue weighted by Gasteiger charge is -2.09. The Kier molecular flexibility index (Phi) is 6.86. The Labute approximate surface area is 98.3 Å². The molecule has 1 aromatic carbocycles. The van der Waals surface area contributed by atoms with Crippen LogP contribution in [0.1, 0.15) is 38.2 Å². The molecule has 0 fully saturated rings. The number of benzene rings is 1. The molecule has 0 spiro atoms. The van der Waals surface area contributed by atoms with E-state index in [1.807, 2.05) is 18.2 Å². The molecule has 1 unspecified atom stereocenters. The van der Waals surface area contributed by atoms with Crippen molar-refractivity contribution in [2.24, 2.45) is 0 Å². The molecule has 0 saturated carbocycles. The van der Waals surface area contributed by atoms with Crippen LogP contribution in [0.3, 0.4) is 0 Å². The summed E-state index contributed by atoms with van der Waals surface area (Å²) in [6, 6.07) is 10.2. The molecule has 0 aromatic heterocycles. The van der Waals surface area contributed by atoms with Gasteiger partial charge in [-0.3, -0.25) is 0 Å². The van der Waals surface area contributed by atoms with E-state index in [-0.39, 0.29) is 6.10 Å². The third-order valence-corrected chi connectivity index (χ3v) is 2.56. The van der Waals surface area contributed by atoms with Crippen LogP contribution in [0.15, 0.2) is 30.3 Å². The Morgan fingerprint density at radius 1 is 1.19 bits per heavy atom. The molecule has 2 heteroatoms. The average molecular weight is 222 g/mol. The molecular formula is C14H22O2. The molecule has 0 aliphatic carbocycles. The molecule has 1 rings (SSSR count). The number of hydrogen-bond acceptors (Lipinski definition) is 2. The van der Waals surface area contributed by atoms with Crippen LogP contribution in [0, 0.1) is 0 Å². The standard InChI is InChI=1S/C14H22O2/c1-2-7-14(15)10-6-11-16-12-13-8-4-3-5-9-13/h3-5,8-9,14-15H,2,6-7,10-12H2,1H3. The summed E-state index contributed by atoms with van der Waals surface area (Å²) in [5.74, 6) is 0. The summed E-state index contributed by atoms with van der Waals surface area (Å²) in [4.78, 5) is 0. The van der Waals surface area contributed by atoms with Crippen molar-refractivity contribution in [3.05, 3.63) is 35.9 Å². The Balaban J connectivity index is 2.00. The topological polar surface area (TPSA) is 29.5 Å². The first-order valence-corrected chi connectivity index (χ1v) is 6.12. The predicted molar refractivity (Wildman–Crippen MR) is 66.2 cm³/mol. The minimum atomic E-state index is -0.148. The Bertz CT molecular complexity index is 259. The zero-order valence-electron chi connectivity index (χ0n) is 10.1. The molecule has 0 saturated heterocycles. The van der Waals surface area contributed by atoms with Crippen LogP contribution in [0.5, 0.6) is 0 Å². The largest absolute Gasteiger partial charge is 0.393 e. The van der Waals surface area contributed by atoms with Crippen LogP contribution in [0.2, 0.25) is 0 Å². The molecule has 0 amide bonds. The molecule has 90 valence electrons. The van der Waals surface area contributed by atoms with Crippen molar-refractivity contribution in [3.8, 4) is 0 Å². The van der Waals surface area contributed by atoms with Gasteiger partial charge in [-0.1, -0.05) is 43.7 Å². The van der Waals surface area contributed by atoms with E-state index in [0.29, 0.717) is 6.61 Å². The van der Waals surface area contributed by atoms with E-state index >= 15 is 0 Å². The summed E-state index contributed by atoms with van der Waals surface area (Å²) < 4.78 is 5.54. The van der Waals surface area contributed by atoms with Gasteiger partial charge in [0.1, 0.15) is 0 Å². The molecule has 16 heavy (non-hydrogen) atoms. The minimum absolute atomic E-state index is 0.148. The third-order valence-electron chi connectivity index (χ3n) is 2.56. The quantitative estimate of drug-likeness (QED) is 0.685. The van der Waals surface area contributed by atoms with Crippen molar-refractivity contribution in [1.29, 1.82) is 0 Å². The van der Waals surface area contributed by atoms with Gasteiger partial charge in [-0.2, -0.15) is 0 Å². The highest BCUT2D eigenvalue weighted by Crippen LogP contribution is 2.06.